The molecule has 4 rings (SSSR count). The molecule has 0 aliphatic heterocycles. The van der Waals surface area contributed by atoms with Crippen molar-refractivity contribution in [3.63, 3.8) is 0 Å². The van der Waals surface area contributed by atoms with Crippen LogP contribution in [0.3, 0.4) is 0 Å². The lowest BCUT2D eigenvalue weighted by Crippen LogP contribution is -2.26. The minimum Gasteiger partial charge on any atom is -0.484 e. The fourth-order valence-electron chi connectivity index (χ4n) is 3.76. The number of halogens is 1. The SMILES string of the molecule is CN(Cn1nc(COc2ccccc2Cl)n(C)c1=S)C1CCc2ccccc21. The van der Waals surface area contributed by atoms with Gasteiger partial charge in [0.25, 0.3) is 0 Å². The van der Waals surface area contributed by atoms with Crippen molar-refractivity contribution >= 4 is 23.8 Å². The van der Waals surface area contributed by atoms with Gasteiger partial charge in [-0.3, -0.25) is 4.90 Å². The van der Waals surface area contributed by atoms with Gasteiger partial charge in [0.15, 0.2) is 10.6 Å². The Kier molecular flexibility index (Phi) is 5.53. The van der Waals surface area contributed by atoms with Gasteiger partial charge in [-0.25, -0.2) is 4.68 Å². The lowest BCUT2D eigenvalue weighted by molar-refractivity contribution is 0.181. The zero-order valence-corrected chi connectivity index (χ0v) is 17.6. The average molecular weight is 415 g/mol. The Bertz CT molecular complexity index is 1040. The second-order valence-corrected chi connectivity index (χ2v) is 7.90. The molecule has 0 saturated carbocycles. The van der Waals surface area contributed by atoms with Crippen LogP contribution < -0.4 is 4.74 Å². The molecule has 0 N–H and O–H groups in total. The molecule has 5 nitrogen and oxygen atoms in total. The molecule has 28 heavy (non-hydrogen) atoms. The molecule has 0 saturated heterocycles. The molecule has 146 valence electrons. The standard InChI is InChI=1S/C21H23ClN4OS/c1-24(18-12-11-15-7-3-4-8-16(15)18)14-26-21(28)25(2)20(23-26)13-27-19-10-6-5-9-17(19)22/h3-10,18H,11-14H2,1-2H3. The average Bonchev–Trinajstić information content (AvgIpc) is 3.24. The molecule has 1 atom stereocenters. The first-order chi connectivity index (χ1) is 13.5. The van der Waals surface area contributed by atoms with Gasteiger partial charge >= 0.3 is 0 Å². The maximum absolute atomic E-state index is 6.16. The quantitative estimate of drug-likeness (QED) is 0.545. The van der Waals surface area contributed by atoms with Crippen LogP contribution in [0.4, 0.5) is 0 Å². The van der Waals surface area contributed by atoms with Gasteiger partial charge in [-0.2, -0.15) is 5.10 Å². The van der Waals surface area contributed by atoms with Crippen LogP contribution in [0.1, 0.15) is 29.4 Å². The van der Waals surface area contributed by atoms with Crippen LogP contribution in [0.5, 0.6) is 5.75 Å². The molecule has 0 radical (unpaired) electrons. The van der Waals surface area contributed by atoms with E-state index in [-0.39, 0.29) is 0 Å². The van der Waals surface area contributed by atoms with Crippen molar-refractivity contribution in [1.29, 1.82) is 0 Å². The van der Waals surface area contributed by atoms with Crippen molar-refractivity contribution in [3.8, 4) is 5.75 Å². The summed E-state index contributed by atoms with van der Waals surface area (Å²) in [6.07, 6.45) is 2.24. The number of hydrogen-bond donors (Lipinski definition) is 0. The summed E-state index contributed by atoms with van der Waals surface area (Å²) in [6.45, 7) is 0.949. The second kappa shape index (κ2) is 8.07. The molecular formula is C21H23ClN4OS. The van der Waals surface area contributed by atoms with Crippen LogP contribution in [0.2, 0.25) is 5.02 Å². The maximum Gasteiger partial charge on any atom is 0.198 e. The zero-order chi connectivity index (χ0) is 19.7. The third-order valence-electron chi connectivity index (χ3n) is 5.31. The molecule has 3 aromatic rings. The van der Waals surface area contributed by atoms with Crippen molar-refractivity contribution in [2.45, 2.75) is 32.2 Å². The summed E-state index contributed by atoms with van der Waals surface area (Å²) in [5.41, 5.74) is 2.85. The van der Waals surface area contributed by atoms with E-state index in [1.54, 1.807) is 0 Å². The van der Waals surface area contributed by atoms with Crippen molar-refractivity contribution in [3.05, 3.63) is 75.3 Å². The number of aryl methyl sites for hydroxylation is 1. The Balaban J connectivity index is 1.48. The highest BCUT2D eigenvalue weighted by molar-refractivity contribution is 7.71. The summed E-state index contributed by atoms with van der Waals surface area (Å²) in [7, 11) is 4.05. The minimum atomic E-state index is 0.312. The minimum absolute atomic E-state index is 0.312. The first-order valence-corrected chi connectivity index (χ1v) is 10.1. The van der Waals surface area contributed by atoms with Gasteiger partial charge < -0.3 is 9.30 Å². The van der Waals surface area contributed by atoms with E-state index in [1.807, 2.05) is 40.6 Å². The van der Waals surface area contributed by atoms with E-state index < -0.39 is 0 Å². The molecule has 0 spiro atoms. The highest BCUT2D eigenvalue weighted by atomic mass is 35.5. The van der Waals surface area contributed by atoms with Crippen molar-refractivity contribution in [1.82, 2.24) is 19.2 Å². The van der Waals surface area contributed by atoms with Gasteiger partial charge in [0.05, 0.1) is 11.7 Å². The Labute approximate surface area is 175 Å². The third-order valence-corrected chi connectivity index (χ3v) is 6.11. The summed E-state index contributed by atoms with van der Waals surface area (Å²) in [4.78, 5) is 2.31. The summed E-state index contributed by atoms with van der Waals surface area (Å²) < 4.78 is 10.3. The van der Waals surface area contributed by atoms with Crippen LogP contribution in [0, 0.1) is 4.77 Å². The van der Waals surface area contributed by atoms with Crippen LogP contribution in [-0.4, -0.2) is 26.3 Å². The van der Waals surface area contributed by atoms with E-state index in [2.05, 4.69) is 41.3 Å². The number of rotatable bonds is 6. The second-order valence-electron chi connectivity index (χ2n) is 7.13. The first-order valence-electron chi connectivity index (χ1n) is 9.32. The summed E-state index contributed by atoms with van der Waals surface area (Å²) in [5.74, 6) is 1.41. The van der Waals surface area contributed by atoms with Gasteiger partial charge in [0.2, 0.25) is 0 Å². The molecule has 1 unspecified atom stereocenters. The topological polar surface area (TPSA) is 35.2 Å². The number of ether oxygens (including phenoxy) is 1. The normalized spacial score (nSPS) is 15.8. The van der Waals surface area contributed by atoms with Crippen LogP contribution in [-0.2, 0) is 26.7 Å². The fraction of sp³-hybridized carbons (Fsp3) is 0.333. The van der Waals surface area contributed by atoms with Crippen LogP contribution in [0.15, 0.2) is 48.5 Å². The van der Waals surface area contributed by atoms with Gasteiger partial charge in [-0.05, 0) is 55.4 Å². The Morgan fingerprint density at radius 3 is 2.79 bits per heavy atom. The molecular weight excluding hydrogens is 392 g/mol. The number of benzene rings is 2. The van der Waals surface area contributed by atoms with E-state index in [4.69, 9.17) is 28.6 Å². The highest BCUT2D eigenvalue weighted by Gasteiger charge is 2.26. The monoisotopic (exact) mass is 414 g/mol. The van der Waals surface area contributed by atoms with Crippen LogP contribution >= 0.6 is 23.8 Å². The lowest BCUT2D eigenvalue weighted by Gasteiger charge is -2.24. The van der Waals surface area contributed by atoms with E-state index in [0.29, 0.717) is 34.9 Å². The summed E-state index contributed by atoms with van der Waals surface area (Å²) in [6, 6.07) is 16.5. The highest BCUT2D eigenvalue weighted by Crippen LogP contribution is 2.35. The molecule has 1 aliphatic rings. The van der Waals surface area contributed by atoms with E-state index >= 15 is 0 Å². The van der Waals surface area contributed by atoms with Gasteiger partial charge in [0.1, 0.15) is 12.4 Å². The number of aromatic nitrogens is 3. The van der Waals surface area contributed by atoms with Crippen molar-refractivity contribution < 1.29 is 4.74 Å². The molecule has 2 aromatic carbocycles. The maximum atomic E-state index is 6.16. The predicted octanol–water partition coefficient (Wildman–Crippen LogP) is 4.76. The third kappa shape index (κ3) is 3.72. The summed E-state index contributed by atoms with van der Waals surface area (Å²) in [5, 5.41) is 5.27. The van der Waals surface area contributed by atoms with Gasteiger partial charge in [0, 0.05) is 13.1 Å². The van der Waals surface area contributed by atoms with E-state index in [9.17, 15) is 0 Å². The lowest BCUT2D eigenvalue weighted by atomic mass is 10.1. The number of nitrogens with zero attached hydrogens (tertiary/aromatic N) is 4. The number of para-hydroxylation sites is 1. The van der Waals surface area contributed by atoms with E-state index in [1.165, 1.54) is 11.1 Å². The van der Waals surface area contributed by atoms with Crippen molar-refractivity contribution in [2.75, 3.05) is 7.05 Å². The number of hydrogen-bond acceptors (Lipinski definition) is 4. The summed E-state index contributed by atoms with van der Waals surface area (Å²) >= 11 is 11.8. The smallest absolute Gasteiger partial charge is 0.198 e. The Morgan fingerprint density at radius 2 is 1.96 bits per heavy atom. The molecule has 7 heteroatoms. The fourth-order valence-corrected chi connectivity index (χ4v) is 4.15. The Morgan fingerprint density at radius 1 is 1.21 bits per heavy atom. The van der Waals surface area contributed by atoms with Gasteiger partial charge in [-0.15, -0.1) is 0 Å². The first kappa shape index (κ1) is 19.2. The molecule has 1 heterocycles. The molecule has 1 aromatic heterocycles. The number of fused-ring (bicyclic) bond motifs is 1. The molecule has 0 amide bonds. The van der Waals surface area contributed by atoms with Gasteiger partial charge in [-0.1, -0.05) is 48.0 Å². The van der Waals surface area contributed by atoms with Crippen LogP contribution in [0.25, 0.3) is 0 Å². The largest absolute Gasteiger partial charge is 0.484 e. The zero-order valence-electron chi connectivity index (χ0n) is 16.0. The molecule has 0 fully saturated rings. The predicted molar refractivity (Wildman–Crippen MR) is 113 cm³/mol. The molecule has 1 aliphatic carbocycles. The van der Waals surface area contributed by atoms with Crippen molar-refractivity contribution in [2.24, 2.45) is 7.05 Å². The molecule has 0 bridgehead atoms. The van der Waals surface area contributed by atoms with E-state index in [0.717, 1.165) is 18.7 Å². The Hall–Kier alpha value is -2.15.